The Morgan fingerprint density at radius 3 is 0.391 bits per heavy atom. The van der Waals surface area contributed by atoms with Gasteiger partial charge in [-0.15, -0.1) is 0 Å². The topological polar surface area (TPSA) is 0 Å². The predicted molar refractivity (Wildman–Crippen MR) is 22.5 cm³/mol. The summed E-state index contributed by atoms with van der Waals surface area (Å²) in [6, 6.07) is 0. The Kier molecular flexibility index (Phi) is 1300. The van der Waals surface area contributed by atoms with Crippen molar-refractivity contribution < 1.29 is 400 Å². The van der Waals surface area contributed by atoms with Gasteiger partial charge in [-0.2, -0.15) is 5.75 Å². The zero-order valence-corrected chi connectivity index (χ0v) is 67.1. The number of hydrogen-bond donors (Lipinski definition) is 0. The van der Waals surface area contributed by atoms with Crippen LogP contribution in [0.15, 0.2) is 0 Å². The standard InChI is InChI=1S/C3H8S.19W/c1-2-3-4;;;;;;;;;;;;;;;;;;;/h4H,2-3H2,1H3;;;;;;;;;;;;;;;;;;;/p-1. The summed E-state index contributed by atoms with van der Waals surface area (Å²) in [7, 11) is 0. The molecule has 0 saturated carbocycles. The molecule has 0 nitrogen and oxygen atoms in total. The fourth-order valence-electron chi connectivity index (χ4n) is 0. The van der Waals surface area contributed by atoms with Crippen molar-refractivity contribution in [1.82, 2.24) is 0 Å². The van der Waals surface area contributed by atoms with E-state index < -0.39 is 0 Å². The van der Waals surface area contributed by atoms with Crippen LogP contribution in [0.5, 0.6) is 0 Å². The molecule has 0 aliphatic heterocycles. The minimum atomic E-state index is 0. The van der Waals surface area contributed by atoms with E-state index in [0.717, 1.165) is 12.2 Å². The SMILES string of the molecule is CCC[S-].[W].[W].[W].[W].[W].[W].[W].[W].[W].[W].[W].[W].[W].[W].[W].[W].[W].[W].[W]. The normalized spacial score (nSPS) is 1.30. The van der Waals surface area contributed by atoms with Crippen molar-refractivity contribution in [3.8, 4) is 0 Å². The Morgan fingerprint density at radius 2 is 0.391 bits per heavy atom. The maximum absolute atomic E-state index is 4.55. The minimum absolute atomic E-state index is 0. The third-order valence-electron chi connectivity index (χ3n) is 0.204. The molecular formula is C3H7SW19-. The van der Waals surface area contributed by atoms with Crippen LogP contribution in [-0.2, 0) is 413 Å². The van der Waals surface area contributed by atoms with Crippen molar-refractivity contribution in [2.24, 2.45) is 0 Å². The Bertz CT molecular complexity index is 20.6. The first-order valence-corrected chi connectivity index (χ1v) is 2.07. The van der Waals surface area contributed by atoms with Crippen LogP contribution >= 0.6 is 0 Å². The van der Waals surface area contributed by atoms with Crippen LogP contribution in [-0.4, -0.2) is 5.75 Å². The van der Waals surface area contributed by atoms with E-state index in [1.165, 1.54) is 0 Å². The zero-order valence-electron chi connectivity index (χ0n) is 10.6. The molecule has 0 aromatic heterocycles. The van der Waals surface area contributed by atoms with E-state index in [1.807, 2.05) is 0 Å². The second-order valence-electron chi connectivity index (χ2n) is 0.704. The van der Waals surface area contributed by atoms with Crippen molar-refractivity contribution in [3.63, 3.8) is 0 Å². The summed E-state index contributed by atoms with van der Waals surface area (Å²) >= 11 is 4.55. The summed E-state index contributed by atoms with van der Waals surface area (Å²) in [5, 5.41) is 0. The van der Waals surface area contributed by atoms with Crippen LogP contribution in [0.1, 0.15) is 13.3 Å². The summed E-state index contributed by atoms with van der Waals surface area (Å²) in [4.78, 5) is 0. The van der Waals surface area contributed by atoms with Gasteiger partial charge in [0.15, 0.2) is 0 Å². The second kappa shape index (κ2) is 176. The van der Waals surface area contributed by atoms with E-state index in [-0.39, 0.29) is 400 Å². The van der Waals surface area contributed by atoms with Gasteiger partial charge in [-0.1, -0.05) is 13.3 Å². The second-order valence-corrected chi connectivity index (χ2v) is 1.11. The van der Waals surface area contributed by atoms with Crippen LogP contribution in [0, 0.1) is 0 Å². The van der Waals surface area contributed by atoms with E-state index in [1.54, 1.807) is 0 Å². The predicted octanol–water partition coefficient (Wildman–Crippen LogP) is 0.896. The average Bonchev–Trinajstić information content (AvgIpc) is 1.37. The molecule has 0 N–H and O–H groups in total. The Labute approximate surface area is 420 Å². The number of rotatable bonds is 1. The average molecular weight is 3570 g/mol. The Hall–Kier alpha value is 13.4. The molecule has 0 aliphatic carbocycles. The van der Waals surface area contributed by atoms with E-state index in [0.29, 0.717) is 0 Å². The fourth-order valence-corrected chi connectivity index (χ4v) is 0. The van der Waals surface area contributed by atoms with Gasteiger partial charge in [-0.3, -0.25) is 0 Å². The van der Waals surface area contributed by atoms with E-state index in [4.69, 9.17) is 0 Å². The quantitative estimate of drug-likeness (QED) is 0.353. The first-order valence-electron chi connectivity index (χ1n) is 1.50. The summed E-state index contributed by atoms with van der Waals surface area (Å²) in [5.41, 5.74) is 0. The molecule has 0 radical (unpaired) electrons. The monoisotopic (exact) mass is 3570 g/mol. The summed E-state index contributed by atoms with van der Waals surface area (Å²) in [6.07, 6.45) is 1.13. The van der Waals surface area contributed by atoms with Crippen molar-refractivity contribution in [3.05, 3.63) is 0 Å². The maximum atomic E-state index is 4.55. The Morgan fingerprint density at radius 1 is 0.348 bits per heavy atom. The minimum Gasteiger partial charge on any atom is -0.793 e. The molecule has 0 bridgehead atoms. The molecule has 0 aliphatic rings. The van der Waals surface area contributed by atoms with Gasteiger partial charge >= 0.3 is 0 Å². The van der Waals surface area contributed by atoms with Gasteiger partial charge in [-0.05, 0) is 0 Å². The first kappa shape index (κ1) is 169. The summed E-state index contributed by atoms with van der Waals surface area (Å²) < 4.78 is 0. The van der Waals surface area contributed by atoms with Gasteiger partial charge in [0.2, 0.25) is 0 Å². The largest absolute Gasteiger partial charge is 0.793 e. The van der Waals surface area contributed by atoms with Gasteiger partial charge in [0.25, 0.3) is 0 Å². The van der Waals surface area contributed by atoms with Crippen LogP contribution in [0.3, 0.4) is 0 Å². The van der Waals surface area contributed by atoms with Gasteiger partial charge in [0.05, 0.1) is 0 Å². The van der Waals surface area contributed by atoms with Gasteiger partial charge in [-0.25, -0.2) is 0 Å². The fraction of sp³-hybridized carbons (Fsp3) is 1.00. The molecule has 0 heterocycles. The van der Waals surface area contributed by atoms with E-state index in [9.17, 15) is 0 Å². The molecule has 20 heteroatoms. The summed E-state index contributed by atoms with van der Waals surface area (Å²) in [5.74, 6) is 0.903. The van der Waals surface area contributed by atoms with E-state index >= 15 is 0 Å². The van der Waals surface area contributed by atoms with Crippen molar-refractivity contribution in [2.75, 3.05) is 5.75 Å². The van der Waals surface area contributed by atoms with Crippen molar-refractivity contribution in [2.45, 2.75) is 13.3 Å². The molecule has 0 aromatic rings. The van der Waals surface area contributed by atoms with Crippen LogP contribution in [0.25, 0.3) is 0 Å². The zero-order chi connectivity index (χ0) is 3.41. The molecule has 0 atom stereocenters. The molecule has 0 spiro atoms. The third kappa shape index (κ3) is 190. The van der Waals surface area contributed by atoms with Gasteiger partial charge in [0, 0.05) is 400 Å². The van der Waals surface area contributed by atoms with Crippen LogP contribution in [0.2, 0.25) is 0 Å². The molecule has 0 saturated heterocycles. The maximum Gasteiger partial charge on any atom is 0 e. The summed E-state index contributed by atoms with van der Waals surface area (Å²) in [6.45, 7) is 2.08. The van der Waals surface area contributed by atoms with Gasteiger partial charge < -0.3 is 12.6 Å². The van der Waals surface area contributed by atoms with E-state index in [2.05, 4.69) is 19.6 Å². The molecule has 0 aromatic carbocycles. The third-order valence-corrected chi connectivity index (χ3v) is 0.612. The van der Waals surface area contributed by atoms with Gasteiger partial charge in [0.1, 0.15) is 0 Å². The Balaban J connectivity index is -0.000000000263. The smallest absolute Gasteiger partial charge is 0 e. The first-order chi connectivity index (χ1) is 1.91. The molecule has 23 heavy (non-hydrogen) atoms. The molecule has 140 valence electrons. The molecule has 0 amide bonds. The molecule has 0 fully saturated rings. The number of hydrogen-bond acceptors (Lipinski definition) is 1. The van der Waals surface area contributed by atoms with Crippen molar-refractivity contribution >= 4 is 12.6 Å². The van der Waals surface area contributed by atoms with Crippen molar-refractivity contribution in [1.29, 1.82) is 0 Å². The molecular weight excluding hydrogens is 3560 g/mol. The molecule has 0 rings (SSSR count). The van der Waals surface area contributed by atoms with Crippen LogP contribution in [0.4, 0.5) is 0 Å². The van der Waals surface area contributed by atoms with Crippen LogP contribution < -0.4 is 0 Å². The molecule has 0 unspecified atom stereocenters.